The summed E-state index contributed by atoms with van der Waals surface area (Å²) in [5.41, 5.74) is 2.31. The third-order valence-electron chi connectivity index (χ3n) is 1.53. The Bertz CT molecular complexity index is 251. The lowest BCUT2D eigenvalue weighted by molar-refractivity contribution is 1.30. The van der Waals surface area contributed by atoms with Crippen LogP contribution in [0.1, 0.15) is 18.9 Å². The maximum atomic E-state index is 4.30. The molecule has 0 spiro atoms. The monoisotopic (exact) mass is 147 g/mol. The van der Waals surface area contributed by atoms with Gasteiger partial charge in [-0.3, -0.25) is 4.99 Å². The Morgan fingerprint density at radius 2 is 2.09 bits per heavy atom. The third kappa shape index (κ3) is 2.19. The number of benzene rings is 1. The quantitative estimate of drug-likeness (QED) is 0.570. The molecule has 0 heterocycles. The normalized spacial score (nSPS) is 10.7. The van der Waals surface area contributed by atoms with E-state index in [1.807, 2.05) is 24.4 Å². The summed E-state index contributed by atoms with van der Waals surface area (Å²) in [7, 11) is 0. The smallest absolute Gasteiger partial charge is 0.0654 e. The van der Waals surface area contributed by atoms with Crippen LogP contribution >= 0.6 is 0 Å². The second-order valence-corrected chi connectivity index (χ2v) is 2.51. The average molecular weight is 147 g/mol. The summed E-state index contributed by atoms with van der Waals surface area (Å²) in [6, 6.07) is 8.14. The SMILES string of the molecule is CCC=Nc1ccccc1C. The molecular weight excluding hydrogens is 134 g/mol. The molecular formula is C10H13N. The molecule has 0 saturated heterocycles. The van der Waals surface area contributed by atoms with E-state index in [-0.39, 0.29) is 0 Å². The number of para-hydroxylation sites is 1. The molecule has 1 nitrogen and oxygen atoms in total. The van der Waals surface area contributed by atoms with Crippen molar-refractivity contribution in [3.05, 3.63) is 29.8 Å². The molecule has 0 saturated carbocycles. The van der Waals surface area contributed by atoms with Crippen molar-refractivity contribution in [2.45, 2.75) is 20.3 Å². The van der Waals surface area contributed by atoms with Gasteiger partial charge in [-0.1, -0.05) is 25.1 Å². The molecule has 0 bridgehead atoms. The fourth-order valence-electron chi connectivity index (χ4n) is 0.898. The number of hydrogen-bond donors (Lipinski definition) is 0. The van der Waals surface area contributed by atoms with Gasteiger partial charge >= 0.3 is 0 Å². The molecule has 1 aromatic rings. The van der Waals surface area contributed by atoms with Crippen LogP contribution in [0.4, 0.5) is 5.69 Å². The van der Waals surface area contributed by atoms with E-state index >= 15 is 0 Å². The van der Waals surface area contributed by atoms with Gasteiger partial charge < -0.3 is 0 Å². The standard InChI is InChI=1S/C10H13N/c1-3-8-11-10-7-5-4-6-9(10)2/h4-8H,3H2,1-2H3. The van der Waals surface area contributed by atoms with E-state index in [1.54, 1.807) is 0 Å². The van der Waals surface area contributed by atoms with Gasteiger partial charge in [-0.25, -0.2) is 0 Å². The van der Waals surface area contributed by atoms with Crippen molar-refractivity contribution in [2.24, 2.45) is 4.99 Å². The zero-order valence-electron chi connectivity index (χ0n) is 7.04. The van der Waals surface area contributed by atoms with Crippen LogP contribution in [0.5, 0.6) is 0 Å². The van der Waals surface area contributed by atoms with Crippen LogP contribution in [-0.2, 0) is 0 Å². The van der Waals surface area contributed by atoms with E-state index in [0.29, 0.717) is 0 Å². The van der Waals surface area contributed by atoms with E-state index in [0.717, 1.165) is 12.1 Å². The zero-order chi connectivity index (χ0) is 8.10. The van der Waals surface area contributed by atoms with Crippen LogP contribution in [0.3, 0.4) is 0 Å². The molecule has 0 aliphatic carbocycles. The minimum atomic E-state index is 0.994. The molecule has 11 heavy (non-hydrogen) atoms. The Morgan fingerprint density at radius 1 is 1.36 bits per heavy atom. The van der Waals surface area contributed by atoms with Crippen molar-refractivity contribution in [1.29, 1.82) is 0 Å². The van der Waals surface area contributed by atoms with E-state index in [1.165, 1.54) is 5.56 Å². The molecule has 0 aromatic heterocycles. The first-order chi connectivity index (χ1) is 5.34. The van der Waals surface area contributed by atoms with Crippen molar-refractivity contribution in [3.63, 3.8) is 0 Å². The fraction of sp³-hybridized carbons (Fsp3) is 0.300. The first-order valence-corrected chi connectivity index (χ1v) is 3.92. The highest BCUT2D eigenvalue weighted by Gasteiger charge is 1.89. The summed E-state index contributed by atoms with van der Waals surface area (Å²) in [5, 5.41) is 0. The van der Waals surface area contributed by atoms with Gasteiger partial charge in [0.2, 0.25) is 0 Å². The Morgan fingerprint density at radius 3 is 2.73 bits per heavy atom. The summed E-state index contributed by atoms with van der Waals surface area (Å²) in [5.74, 6) is 0. The summed E-state index contributed by atoms with van der Waals surface area (Å²) in [6.07, 6.45) is 2.93. The number of aliphatic imine (C=N–C) groups is 1. The Balaban J connectivity index is 2.86. The predicted octanol–water partition coefficient (Wildman–Crippen LogP) is 3.11. The van der Waals surface area contributed by atoms with E-state index in [2.05, 4.69) is 24.9 Å². The van der Waals surface area contributed by atoms with E-state index in [9.17, 15) is 0 Å². The van der Waals surface area contributed by atoms with Crippen molar-refractivity contribution in [3.8, 4) is 0 Å². The summed E-state index contributed by atoms with van der Waals surface area (Å²) < 4.78 is 0. The van der Waals surface area contributed by atoms with Crippen LogP contribution in [0.15, 0.2) is 29.3 Å². The third-order valence-corrected chi connectivity index (χ3v) is 1.53. The molecule has 0 fully saturated rings. The Labute approximate surface area is 67.8 Å². The van der Waals surface area contributed by atoms with Crippen LogP contribution in [0.25, 0.3) is 0 Å². The Kier molecular flexibility index (Phi) is 2.84. The van der Waals surface area contributed by atoms with Crippen molar-refractivity contribution >= 4 is 11.9 Å². The lowest BCUT2D eigenvalue weighted by Crippen LogP contribution is -1.73. The van der Waals surface area contributed by atoms with Gasteiger partial charge in [-0.15, -0.1) is 0 Å². The van der Waals surface area contributed by atoms with Crippen molar-refractivity contribution < 1.29 is 0 Å². The zero-order valence-corrected chi connectivity index (χ0v) is 7.04. The number of aryl methyl sites for hydroxylation is 1. The lowest BCUT2D eigenvalue weighted by atomic mass is 10.2. The van der Waals surface area contributed by atoms with Crippen LogP contribution in [0, 0.1) is 6.92 Å². The number of nitrogens with zero attached hydrogens (tertiary/aromatic N) is 1. The molecule has 58 valence electrons. The Hall–Kier alpha value is -1.11. The number of rotatable bonds is 2. The van der Waals surface area contributed by atoms with Gasteiger partial charge in [0.15, 0.2) is 0 Å². The van der Waals surface area contributed by atoms with Crippen LogP contribution < -0.4 is 0 Å². The minimum Gasteiger partial charge on any atom is -0.261 e. The summed E-state index contributed by atoms with van der Waals surface area (Å²) in [6.45, 7) is 4.16. The molecule has 0 aliphatic rings. The first kappa shape index (κ1) is 7.99. The highest BCUT2D eigenvalue weighted by molar-refractivity contribution is 5.64. The first-order valence-electron chi connectivity index (χ1n) is 3.92. The van der Waals surface area contributed by atoms with Crippen molar-refractivity contribution in [2.75, 3.05) is 0 Å². The van der Waals surface area contributed by atoms with Gasteiger partial charge in [0.1, 0.15) is 0 Å². The highest BCUT2D eigenvalue weighted by atomic mass is 14.7. The predicted molar refractivity (Wildman–Crippen MR) is 49.6 cm³/mol. The topological polar surface area (TPSA) is 12.4 Å². The molecule has 0 N–H and O–H groups in total. The molecule has 0 atom stereocenters. The van der Waals surface area contributed by atoms with Gasteiger partial charge in [0.25, 0.3) is 0 Å². The van der Waals surface area contributed by atoms with E-state index < -0.39 is 0 Å². The molecule has 1 rings (SSSR count). The molecule has 0 unspecified atom stereocenters. The highest BCUT2D eigenvalue weighted by Crippen LogP contribution is 2.15. The minimum absolute atomic E-state index is 0.994. The molecule has 1 heteroatoms. The van der Waals surface area contributed by atoms with Crippen LogP contribution in [-0.4, -0.2) is 6.21 Å². The maximum absolute atomic E-state index is 4.30. The van der Waals surface area contributed by atoms with Crippen LogP contribution in [0.2, 0.25) is 0 Å². The lowest BCUT2D eigenvalue weighted by Gasteiger charge is -1.96. The summed E-state index contributed by atoms with van der Waals surface area (Å²) in [4.78, 5) is 4.30. The second-order valence-electron chi connectivity index (χ2n) is 2.51. The van der Waals surface area contributed by atoms with Gasteiger partial charge in [-0.05, 0) is 25.0 Å². The van der Waals surface area contributed by atoms with Gasteiger partial charge in [0.05, 0.1) is 5.69 Å². The fourth-order valence-corrected chi connectivity index (χ4v) is 0.898. The average Bonchev–Trinajstić information content (AvgIpc) is 2.03. The second kappa shape index (κ2) is 3.91. The summed E-state index contributed by atoms with van der Waals surface area (Å²) >= 11 is 0. The van der Waals surface area contributed by atoms with Crippen molar-refractivity contribution in [1.82, 2.24) is 0 Å². The maximum Gasteiger partial charge on any atom is 0.0654 e. The molecule has 0 aliphatic heterocycles. The molecule has 0 radical (unpaired) electrons. The largest absolute Gasteiger partial charge is 0.261 e. The van der Waals surface area contributed by atoms with Gasteiger partial charge in [-0.2, -0.15) is 0 Å². The number of hydrogen-bond acceptors (Lipinski definition) is 1. The van der Waals surface area contributed by atoms with E-state index in [4.69, 9.17) is 0 Å². The molecule has 0 amide bonds. The molecule has 1 aromatic carbocycles. The van der Waals surface area contributed by atoms with Gasteiger partial charge in [0, 0.05) is 6.21 Å².